The van der Waals surface area contributed by atoms with Crippen LogP contribution in [0.15, 0.2) is 23.1 Å². The lowest BCUT2D eigenvalue weighted by molar-refractivity contribution is -0.337. The smallest absolute Gasteiger partial charge is 0.373 e. The van der Waals surface area contributed by atoms with Crippen molar-refractivity contribution in [2.75, 3.05) is 6.61 Å². The highest BCUT2D eigenvalue weighted by molar-refractivity contribution is 5.75. The Hall–Kier alpha value is -3.39. The van der Waals surface area contributed by atoms with Gasteiger partial charge in [0.1, 0.15) is 17.9 Å². The van der Waals surface area contributed by atoms with Crippen molar-refractivity contribution in [2.24, 2.45) is 5.41 Å². The summed E-state index contributed by atoms with van der Waals surface area (Å²) in [5.74, 6) is 0.440. The van der Waals surface area contributed by atoms with E-state index in [-0.39, 0.29) is 43.4 Å². The number of nitrogens with zero attached hydrogens (tertiary/aromatic N) is 6. The van der Waals surface area contributed by atoms with E-state index in [1.807, 2.05) is 19.9 Å². The molecule has 0 aromatic carbocycles. The Morgan fingerprint density at radius 1 is 1.14 bits per heavy atom. The lowest BCUT2D eigenvalue weighted by atomic mass is 9.34. The number of hydrogen-bond donors (Lipinski definition) is 0. The van der Waals surface area contributed by atoms with Gasteiger partial charge in [0.05, 0.1) is 34.7 Å². The Morgan fingerprint density at radius 3 is 2.57 bits per heavy atom. The van der Waals surface area contributed by atoms with Crippen molar-refractivity contribution in [1.82, 2.24) is 24.5 Å². The molecule has 2 bridgehead atoms. The summed E-state index contributed by atoms with van der Waals surface area (Å²) in [5.41, 5.74) is 1.19. The third kappa shape index (κ3) is 3.64. The number of halogens is 3. The number of alkyl halides is 3. The van der Waals surface area contributed by atoms with Gasteiger partial charge < -0.3 is 9.30 Å². The maximum absolute atomic E-state index is 13.6. The Bertz CT molecular complexity index is 1510. The molecule has 8 nitrogen and oxygen atoms in total. The topological polar surface area (TPSA) is 107 Å². The zero-order chi connectivity index (χ0) is 26.2. The van der Waals surface area contributed by atoms with Crippen LogP contribution in [0.4, 0.5) is 13.2 Å². The highest BCUT2D eigenvalue weighted by Gasteiger charge is 2.79. The molecule has 11 heteroatoms. The van der Waals surface area contributed by atoms with Crippen LogP contribution in [0.1, 0.15) is 72.6 Å². The molecule has 4 fully saturated rings. The number of fused-ring (bicyclic) bond motifs is 1. The number of hydrogen-bond acceptors (Lipinski definition) is 7. The van der Waals surface area contributed by atoms with E-state index in [4.69, 9.17) is 20.0 Å². The van der Waals surface area contributed by atoms with Gasteiger partial charge in [-0.25, -0.2) is 19.9 Å². The van der Waals surface area contributed by atoms with E-state index < -0.39 is 17.0 Å². The van der Waals surface area contributed by atoms with E-state index in [0.717, 1.165) is 11.3 Å². The maximum Gasteiger partial charge on any atom is 0.394 e. The van der Waals surface area contributed by atoms with E-state index in [0.29, 0.717) is 47.8 Å². The molecular formula is C26H25F3N6O2. The van der Waals surface area contributed by atoms with Gasteiger partial charge in [-0.05, 0) is 57.6 Å². The van der Waals surface area contributed by atoms with Crippen LogP contribution >= 0.6 is 0 Å². The monoisotopic (exact) mass is 510 g/mol. The molecule has 3 aliphatic carbocycles. The average molecular weight is 511 g/mol. The molecule has 192 valence electrons. The molecule has 7 rings (SSSR count). The number of pyridine rings is 1. The molecule has 3 saturated carbocycles. The lowest BCUT2D eigenvalue weighted by Crippen LogP contribution is -2.70. The second kappa shape index (κ2) is 8.05. The molecule has 4 aliphatic rings. The van der Waals surface area contributed by atoms with Crippen molar-refractivity contribution < 1.29 is 17.9 Å². The summed E-state index contributed by atoms with van der Waals surface area (Å²) in [4.78, 5) is 31.0. The van der Waals surface area contributed by atoms with Gasteiger partial charge >= 0.3 is 6.18 Å². The van der Waals surface area contributed by atoms with Crippen molar-refractivity contribution >= 4 is 11.2 Å². The van der Waals surface area contributed by atoms with Crippen LogP contribution in [0, 0.1) is 30.6 Å². The highest BCUT2D eigenvalue weighted by Crippen LogP contribution is 2.78. The third-order valence-electron chi connectivity index (χ3n) is 8.36. The lowest BCUT2D eigenvalue weighted by Gasteiger charge is -2.70. The highest BCUT2D eigenvalue weighted by atomic mass is 19.4. The average Bonchev–Trinajstić information content (AvgIpc) is 2.79. The quantitative estimate of drug-likeness (QED) is 0.514. The summed E-state index contributed by atoms with van der Waals surface area (Å²) in [6.45, 7) is 4.04. The Morgan fingerprint density at radius 2 is 1.86 bits per heavy atom. The normalized spacial score (nSPS) is 28.9. The molecule has 3 aromatic rings. The van der Waals surface area contributed by atoms with E-state index in [9.17, 15) is 18.0 Å². The van der Waals surface area contributed by atoms with E-state index in [1.54, 1.807) is 12.3 Å². The molecule has 0 N–H and O–H groups in total. The number of nitriles is 1. The van der Waals surface area contributed by atoms with Gasteiger partial charge in [-0.1, -0.05) is 0 Å². The van der Waals surface area contributed by atoms with E-state index >= 15 is 0 Å². The molecule has 1 saturated heterocycles. The van der Waals surface area contributed by atoms with Crippen molar-refractivity contribution in [3.63, 3.8) is 0 Å². The van der Waals surface area contributed by atoms with E-state index in [1.165, 1.54) is 10.6 Å². The summed E-state index contributed by atoms with van der Waals surface area (Å²) in [5, 5.41) is 9.01. The van der Waals surface area contributed by atoms with Crippen molar-refractivity contribution in [3.05, 3.63) is 57.2 Å². The van der Waals surface area contributed by atoms with Crippen LogP contribution in [0.3, 0.4) is 0 Å². The van der Waals surface area contributed by atoms with Crippen molar-refractivity contribution in [3.8, 4) is 6.07 Å². The Kier molecular flexibility index (Phi) is 5.22. The standard InChI is InChI=1S/C26H25F3N6O2/c1-14-15(2)32-23-20(31-14)21(24-11-25(12-24,13-24)26(27,28)29)33-22(34-23)16-5-8-37-18(9-16)17-3-4-19(36)35(10-17)7-6-30/h3-4,10,16,18H,5,7-9,11-13H2,1-2H3/t16-,18+,24?,25?/m0/s1. The first-order valence-electron chi connectivity index (χ1n) is 12.3. The fourth-order valence-electron chi connectivity index (χ4n) is 6.22. The third-order valence-corrected chi connectivity index (χ3v) is 8.36. The largest absolute Gasteiger partial charge is 0.394 e. The Labute approximate surface area is 210 Å². The number of ether oxygens (including phenoxy) is 1. The predicted octanol–water partition coefficient (Wildman–Crippen LogP) is 4.34. The molecular weight excluding hydrogens is 485 g/mol. The minimum absolute atomic E-state index is 0.0283. The van der Waals surface area contributed by atoms with Gasteiger partial charge in [-0.15, -0.1) is 0 Å². The van der Waals surface area contributed by atoms with Crippen LogP contribution in [-0.4, -0.2) is 37.3 Å². The fraction of sp³-hybridized carbons (Fsp3) is 0.538. The molecule has 4 heterocycles. The van der Waals surface area contributed by atoms with Gasteiger partial charge in [0.2, 0.25) is 0 Å². The minimum Gasteiger partial charge on any atom is -0.373 e. The second-order valence-corrected chi connectivity index (χ2v) is 10.8. The predicted molar refractivity (Wildman–Crippen MR) is 126 cm³/mol. The van der Waals surface area contributed by atoms with Crippen LogP contribution in [0.2, 0.25) is 0 Å². The molecule has 37 heavy (non-hydrogen) atoms. The molecule has 0 radical (unpaired) electrons. The van der Waals surface area contributed by atoms with Crippen molar-refractivity contribution in [1.29, 1.82) is 5.26 Å². The fourth-order valence-corrected chi connectivity index (χ4v) is 6.22. The summed E-state index contributed by atoms with van der Waals surface area (Å²) >= 11 is 0. The molecule has 0 amide bonds. The molecule has 0 spiro atoms. The van der Waals surface area contributed by atoms with Crippen LogP contribution in [0.25, 0.3) is 11.2 Å². The van der Waals surface area contributed by atoms with E-state index in [2.05, 4.69) is 9.97 Å². The van der Waals surface area contributed by atoms with Gasteiger partial charge in [0, 0.05) is 30.2 Å². The first-order valence-corrected chi connectivity index (χ1v) is 12.3. The first kappa shape index (κ1) is 24.0. The van der Waals surface area contributed by atoms with Gasteiger partial charge in [0.25, 0.3) is 5.56 Å². The zero-order valence-electron chi connectivity index (χ0n) is 20.5. The molecule has 2 atom stereocenters. The number of aromatic nitrogens is 5. The van der Waals surface area contributed by atoms with Crippen LogP contribution in [0.5, 0.6) is 0 Å². The molecule has 1 aliphatic heterocycles. The molecule has 0 unspecified atom stereocenters. The summed E-state index contributed by atoms with van der Waals surface area (Å²) in [6, 6.07) is 5.10. The number of rotatable bonds is 4. The van der Waals surface area contributed by atoms with Crippen LogP contribution < -0.4 is 5.56 Å². The first-order chi connectivity index (χ1) is 17.5. The van der Waals surface area contributed by atoms with Crippen LogP contribution in [-0.2, 0) is 16.7 Å². The zero-order valence-corrected chi connectivity index (χ0v) is 20.5. The summed E-state index contributed by atoms with van der Waals surface area (Å²) < 4.78 is 48.1. The Balaban J connectivity index is 1.36. The number of aryl methyl sites for hydroxylation is 2. The summed E-state index contributed by atoms with van der Waals surface area (Å²) in [7, 11) is 0. The van der Waals surface area contributed by atoms with Gasteiger partial charge in [0.15, 0.2) is 5.65 Å². The minimum atomic E-state index is -4.21. The second-order valence-electron chi connectivity index (χ2n) is 10.8. The van der Waals surface area contributed by atoms with Crippen molar-refractivity contribution in [2.45, 2.75) is 76.1 Å². The molecule has 3 aromatic heterocycles. The maximum atomic E-state index is 13.6. The van der Waals surface area contributed by atoms with Gasteiger partial charge in [-0.2, -0.15) is 18.4 Å². The SMILES string of the molecule is Cc1nc2nc([C@H]3CCO[C@@H](c4ccc(=O)n(CC#N)c4)C3)nc(C34CC(C(F)(F)F)(C3)C4)c2nc1C. The summed E-state index contributed by atoms with van der Waals surface area (Å²) in [6.07, 6.45) is -1.64. The van der Waals surface area contributed by atoms with Gasteiger partial charge in [-0.3, -0.25) is 4.79 Å².